The van der Waals surface area contributed by atoms with Crippen LogP contribution in [-0.4, -0.2) is 53.6 Å². The molecule has 1 unspecified atom stereocenters. The fourth-order valence-corrected chi connectivity index (χ4v) is 4.84. The summed E-state index contributed by atoms with van der Waals surface area (Å²) < 4.78 is 29.6. The summed E-state index contributed by atoms with van der Waals surface area (Å²) in [5.41, 5.74) is 11.4. The number of nitrogens with two attached hydrogens (primary N) is 2. The Bertz CT molecular complexity index is 996. The van der Waals surface area contributed by atoms with Gasteiger partial charge in [-0.1, -0.05) is 0 Å². The fraction of sp³-hybridized carbons (Fsp3) is 0.550. The van der Waals surface area contributed by atoms with Gasteiger partial charge in [-0.05, 0) is 31.2 Å². The van der Waals surface area contributed by atoms with E-state index in [4.69, 9.17) is 11.5 Å². The summed E-state index contributed by atoms with van der Waals surface area (Å²) in [5.74, 6) is -6.58. The molecule has 10 heteroatoms. The molecule has 0 bridgehead atoms. The van der Waals surface area contributed by atoms with Crippen LogP contribution in [0.25, 0.3) is 0 Å². The van der Waals surface area contributed by atoms with Gasteiger partial charge < -0.3 is 26.4 Å². The van der Waals surface area contributed by atoms with Crippen LogP contribution < -0.4 is 21.3 Å². The van der Waals surface area contributed by atoms with Crippen molar-refractivity contribution in [2.24, 2.45) is 17.6 Å². The highest BCUT2D eigenvalue weighted by atomic mass is 19.1. The van der Waals surface area contributed by atoms with Gasteiger partial charge in [0, 0.05) is 30.7 Å². The molecule has 1 saturated heterocycles. The van der Waals surface area contributed by atoms with Crippen LogP contribution in [0, 0.1) is 17.7 Å². The second kappa shape index (κ2) is 6.13. The third-order valence-electron chi connectivity index (χ3n) is 6.91. The highest BCUT2D eigenvalue weighted by Crippen LogP contribution is 2.49. The SMILES string of the molecule is Nc1cc(N2CC[C@@H](C3(N)CC3)C2)c(F)c2c1C(=O)C(C(=O)O)C(=O)N2[C@@H]1C[C@@H]1F. The molecular weight excluding hydrogens is 398 g/mol. The molecule has 3 fully saturated rings. The lowest BCUT2D eigenvalue weighted by Crippen LogP contribution is -2.50. The van der Waals surface area contributed by atoms with Crippen molar-refractivity contribution in [2.75, 3.05) is 28.6 Å². The average molecular weight is 420 g/mol. The number of nitrogens with zero attached hydrogens (tertiary/aromatic N) is 2. The number of anilines is 3. The Morgan fingerprint density at radius 3 is 2.53 bits per heavy atom. The fourth-order valence-electron chi connectivity index (χ4n) is 4.84. The Balaban J connectivity index is 1.61. The van der Waals surface area contributed by atoms with Gasteiger partial charge >= 0.3 is 5.97 Å². The number of carboxylic acid groups (broad SMARTS) is 1. The topological polar surface area (TPSA) is 130 Å². The second-order valence-corrected chi connectivity index (χ2v) is 8.85. The van der Waals surface area contributed by atoms with E-state index in [2.05, 4.69) is 0 Å². The minimum atomic E-state index is -2.05. The van der Waals surface area contributed by atoms with Crippen molar-refractivity contribution >= 4 is 34.7 Å². The zero-order valence-electron chi connectivity index (χ0n) is 16.1. The predicted molar refractivity (Wildman–Crippen MR) is 104 cm³/mol. The molecule has 30 heavy (non-hydrogen) atoms. The number of alkyl halides is 1. The van der Waals surface area contributed by atoms with E-state index < -0.39 is 47.3 Å². The van der Waals surface area contributed by atoms with E-state index in [-0.39, 0.29) is 34.8 Å². The number of halogens is 2. The molecular formula is C20H22F2N4O4. The summed E-state index contributed by atoms with van der Waals surface area (Å²) in [4.78, 5) is 39.6. The van der Waals surface area contributed by atoms with Gasteiger partial charge in [0.1, 0.15) is 6.17 Å². The van der Waals surface area contributed by atoms with Crippen LogP contribution in [0.3, 0.4) is 0 Å². The van der Waals surface area contributed by atoms with Crippen LogP contribution in [0.15, 0.2) is 6.07 Å². The minimum Gasteiger partial charge on any atom is -0.480 e. The standard InChI is InChI=1S/C20H22F2N4O4/c21-9-5-11(9)26-16-13(17(27)14(18(26)28)19(29)30)10(23)6-12(15(16)22)25-4-1-8(7-25)20(24)2-3-20/h6,8-9,11,14H,1-5,7,23-24H2,(H,29,30)/t8-,9+,11-,14?/m1/s1. The molecule has 0 radical (unpaired) electrons. The average Bonchev–Trinajstić information content (AvgIpc) is 3.53. The van der Waals surface area contributed by atoms with E-state index in [1.165, 1.54) is 6.07 Å². The number of aliphatic carboxylic acids is 1. The third kappa shape index (κ3) is 2.62. The number of Topliss-reactive ketones (excluding diaryl/α,β-unsaturated/α-hetero) is 1. The van der Waals surface area contributed by atoms with E-state index in [9.17, 15) is 23.9 Å². The van der Waals surface area contributed by atoms with Gasteiger partial charge in [0.05, 0.1) is 23.0 Å². The van der Waals surface area contributed by atoms with Gasteiger partial charge in [-0.3, -0.25) is 14.4 Å². The maximum atomic E-state index is 15.7. The molecule has 2 heterocycles. The smallest absolute Gasteiger partial charge is 0.324 e. The van der Waals surface area contributed by atoms with Crippen LogP contribution in [-0.2, 0) is 9.59 Å². The lowest BCUT2D eigenvalue weighted by molar-refractivity contribution is -0.144. The van der Waals surface area contributed by atoms with Gasteiger partial charge in [-0.25, -0.2) is 8.78 Å². The number of amides is 1. The summed E-state index contributed by atoms with van der Waals surface area (Å²) in [5, 5.41) is 9.37. The number of hydrogen-bond donors (Lipinski definition) is 3. The van der Waals surface area contributed by atoms with Gasteiger partial charge in [-0.2, -0.15) is 0 Å². The third-order valence-corrected chi connectivity index (χ3v) is 6.91. The van der Waals surface area contributed by atoms with Gasteiger partial charge in [0.15, 0.2) is 17.5 Å². The van der Waals surface area contributed by atoms with Crippen LogP contribution in [0.5, 0.6) is 0 Å². The number of carboxylic acids is 1. The number of hydrogen-bond acceptors (Lipinski definition) is 6. The molecule has 0 spiro atoms. The first-order valence-electron chi connectivity index (χ1n) is 10.0. The van der Waals surface area contributed by atoms with E-state index >= 15 is 4.39 Å². The molecule has 160 valence electrons. The second-order valence-electron chi connectivity index (χ2n) is 8.85. The largest absolute Gasteiger partial charge is 0.480 e. The highest BCUT2D eigenvalue weighted by Gasteiger charge is 2.55. The summed E-state index contributed by atoms with van der Waals surface area (Å²) in [6, 6.07) is 0.303. The van der Waals surface area contributed by atoms with Crippen molar-refractivity contribution < 1.29 is 28.3 Å². The molecule has 2 aliphatic heterocycles. The number of benzene rings is 1. The van der Waals surface area contributed by atoms with Crippen molar-refractivity contribution in [1.29, 1.82) is 0 Å². The van der Waals surface area contributed by atoms with Gasteiger partial charge in [-0.15, -0.1) is 0 Å². The van der Waals surface area contributed by atoms with Crippen molar-refractivity contribution in [3.05, 3.63) is 17.4 Å². The Morgan fingerprint density at radius 1 is 1.30 bits per heavy atom. The number of ketones is 1. The number of nitrogen functional groups attached to an aromatic ring is 1. The summed E-state index contributed by atoms with van der Waals surface area (Å²) in [7, 11) is 0. The number of rotatable bonds is 4. The Kier molecular flexibility index (Phi) is 3.93. The predicted octanol–water partition coefficient (Wildman–Crippen LogP) is 1.07. The lowest BCUT2D eigenvalue weighted by atomic mass is 9.88. The van der Waals surface area contributed by atoms with E-state index in [1.807, 2.05) is 0 Å². The van der Waals surface area contributed by atoms with Crippen LogP contribution in [0.4, 0.5) is 25.8 Å². The number of carbonyl (C=O) groups is 3. The quantitative estimate of drug-likeness (QED) is 0.491. The van der Waals surface area contributed by atoms with Crippen LogP contribution >= 0.6 is 0 Å². The summed E-state index contributed by atoms with van der Waals surface area (Å²) in [6.45, 7) is 1.05. The zero-order chi connectivity index (χ0) is 21.5. The summed E-state index contributed by atoms with van der Waals surface area (Å²) >= 11 is 0. The van der Waals surface area contributed by atoms with Crippen molar-refractivity contribution in [2.45, 2.75) is 43.4 Å². The molecule has 5 rings (SSSR count). The molecule has 4 atom stereocenters. The molecule has 1 amide bonds. The van der Waals surface area contributed by atoms with E-state index in [0.29, 0.717) is 13.1 Å². The first-order chi connectivity index (χ1) is 14.1. The monoisotopic (exact) mass is 420 g/mol. The molecule has 4 aliphatic rings. The highest BCUT2D eigenvalue weighted by molar-refractivity contribution is 6.32. The van der Waals surface area contributed by atoms with Gasteiger partial charge in [0.2, 0.25) is 5.91 Å². The van der Waals surface area contributed by atoms with Gasteiger partial charge in [0.25, 0.3) is 0 Å². The number of carbonyl (C=O) groups excluding carboxylic acids is 2. The van der Waals surface area contributed by atoms with Crippen LogP contribution in [0.1, 0.15) is 36.0 Å². The van der Waals surface area contributed by atoms with Crippen molar-refractivity contribution in [1.82, 2.24) is 0 Å². The molecule has 0 aromatic heterocycles. The molecule has 1 aromatic rings. The first-order valence-corrected chi connectivity index (χ1v) is 10.0. The zero-order valence-corrected chi connectivity index (χ0v) is 16.1. The molecule has 2 saturated carbocycles. The maximum absolute atomic E-state index is 15.7. The Labute approximate surface area is 170 Å². The molecule has 2 aliphatic carbocycles. The normalized spacial score (nSPS) is 31.7. The summed E-state index contributed by atoms with van der Waals surface area (Å²) in [6.07, 6.45) is 1.18. The Hall–Kier alpha value is -2.75. The van der Waals surface area contributed by atoms with E-state index in [0.717, 1.165) is 24.2 Å². The van der Waals surface area contributed by atoms with E-state index in [1.54, 1.807) is 4.90 Å². The maximum Gasteiger partial charge on any atom is 0.324 e. The van der Waals surface area contributed by atoms with Crippen molar-refractivity contribution in [3.8, 4) is 0 Å². The minimum absolute atomic E-state index is 0.0449. The molecule has 5 N–H and O–H groups in total. The molecule has 8 nitrogen and oxygen atoms in total. The van der Waals surface area contributed by atoms with Crippen molar-refractivity contribution in [3.63, 3.8) is 0 Å². The van der Waals surface area contributed by atoms with Crippen LogP contribution in [0.2, 0.25) is 0 Å². The number of fused-ring (bicyclic) bond motifs is 1. The lowest BCUT2D eigenvalue weighted by Gasteiger charge is -2.34. The first kappa shape index (κ1) is 19.2. The Morgan fingerprint density at radius 2 is 1.97 bits per heavy atom. The molecule has 1 aromatic carbocycles.